The van der Waals surface area contributed by atoms with Gasteiger partial charge in [-0.05, 0) is 91.0 Å². The lowest BCUT2D eigenvalue weighted by Crippen LogP contribution is -2.03. The Morgan fingerprint density at radius 3 is 2.02 bits per heavy atom. The average molecular weight is 770 g/mol. The predicted molar refractivity (Wildman–Crippen MR) is 189 cm³/mol. The third-order valence-electron chi connectivity index (χ3n) is 7.07. The van der Waals surface area contributed by atoms with Crippen molar-refractivity contribution in [2.24, 2.45) is 30.7 Å². The number of rotatable bonds is 14. The number of aromatic hydroxyl groups is 1. The fourth-order valence-corrected chi connectivity index (χ4v) is 6.16. The minimum Gasteiger partial charge on any atom is -0.505 e. The number of nitrogen functional groups attached to an aromatic ring is 1. The molecule has 0 saturated carbocycles. The van der Waals surface area contributed by atoms with E-state index in [1.165, 1.54) is 19.2 Å². The van der Waals surface area contributed by atoms with E-state index in [2.05, 4.69) is 49.4 Å². The normalized spacial score (nSPS) is 12.2. The van der Waals surface area contributed by atoms with E-state index in [0.29, 0.717) is 62.3 Å². The molecule has 52 heavy (non-hydrogen) atoms. The van der Waals surface area contributed by atoms with Crippen LogP contribution in [0, 0.1) is 13.8 Å². The maximum atomic E-state index is 11.8. The molecule has 0 spiro atoms. The second-order valence-corrected chi connectivity index (χ2v) is 13.4. The van der Waals surface area contributed by atoms with Crippen LogP contribution < -0.4 is 10.5 Å². The minimum atomic E-state index is -4.67. The van der Waals surface area contributed by atoms with Gasteiger partial charge in [0.15, 0.2) is 5.75 Å². The highest BCUT2D eigenvalue weighted by atomic mass is 32.2. The summed E-state index contributed by atoms with van der Waals surface area (Å²) in [4.78, 5) is 0.138. The van der Waals surface area contributed by atoms with Crippen LogP contribution in [0.1, 0.15) is 11.1 Å². The zero-order chi connectivity index (χ0) is 37.4. The number of hydrogen-bond donors (Lipinski definition) is 5. The molecule has 0 saturated heterocycles. The number of benzene rings is 5. The summed E-state index contributed by atoms with van der Waals surface area (Å²) >= 11 is 1.26. The zero-order valence-corrected chi connectivity index (χ0v) is 29.5. The Hall–Kier alpha value is -5.07. The summed E-state index contributed by atoms with van der Waals surface area (Å²) in [5.74, 6) is -0.0403. The van der Waals surface area contributed by atoms with Gasteiger partial charge in [0.25, 0.3) is 10.1 Å². The standard InChI is InChI=1S/C31H27N7O11S3/c1-16-10-26(37-38-30-28(51-49-47-41)11-18-12-29(52(42,43)44)23(32)15-22(18)31(30)39)17(2)9-25(16)36-35-24-8-7-20(14-27(24)45-3)34-33-19-5-4-6-21(13-19)50-48-46-40/h4-15,39-41H,32H2,1-3H3,(H,42,43,44). The molecule has 18 nitrogen and oxygen atoms in total. The van der Waals surface area contributed by atoms with Gasteiger partial charge in [0.2, 0.25) is 0 Å². The van der Waals surface area contributed by atoms with Crippen LogP contribution in [0.3, 0.4) is 0 Å². The predicted octanol–water partition coefficient (Wildman–Crippen LogP) is 10.1. The fourth-order valence-electron chi connectivity index (χ4n) is 4.62. The van der Waals surface area contributed by atoms with Crippen molar-refractivity contribution in [3.05, 3.63) is 83.9 Å². The third kappa shape index (κ3) is 9.23. The molecule has 0 aromatic heterocycles. The van der Waals surface area contributed by atoms with Gasteiger partial charge in [-0.15, -0.1) is 18.9 Å². The molecule has 0 aliphatic carbocycles. The maximum Gasteiger partial charge on any atom is 0.296 e. The number of methoxy groups -OCH3 is 1. The van der Waals surface area contributed by atoms with E-state index in [1.807, 2.05) is 0 Å². The van der Waals surface area contributed by atoms with Gasteiger partial charge in [-0.1, -0.05) is 16.1 Å². The summed E-state index contributed by atoms with van der Waals surface area (Å²) in [5.41, 5.74) is 9.13. The number of phenols is 1. The lowest BCUT2D eigenvalue weighted by atomic mass is 10.1. The van der Waals surface area contributed by atoms with Crippen molar-refractivity contribution in [1.82, 2.24) is 0 Å². The van der Waals surface area contributed by atoms with E-state index in [1.54, 1.807) is 68.4 Å². The number of aryl methyl sites for hydroxylation is 2. The average Bonchev–Trinajstić information content (AvgIpc) is 3.12. The molecule has 270 valence electrons. The summed E-state index contributed by atoms with van der Waals surface area (Å²) in [6.07, 6.45) is 0. The van der Waals surface area contributed by atoms with Crippen molar-refractivity contribution < 1.29 is 52.1 Å². The molecule has 0 radical (unpaired) electrons. The molecule has 0 fully saturated rings. The molecule has 6 N–H and O–H groups in total. The first-order valence-corrected chi connectivity index (χ1v) is 17.3. The Labute approximate surface area is 303 Å². The number of nitrogens with two attached hydrogens (primary N) is 1. The SMILES string of the molecule is COc1cc(N=Nc2cccc(SOOO)c2)ccc1N=Nc1cc(C)c(N=Nc2c(SOOO)cc3cc(S(=O)(=O)O)c(N)cc3c2O)cc1C. The Balaban J connectivity index is 1.39. The van der Waals surface area contributed by atoms with Gasteiger partial charge < -0.3 is 15.6 Å². The molecule has 0 aliphatic rings. The molecule has 0 aliphatic heterocycles. The Bertz CT molecular complexity index is 2320. The topological polar surface area (TPSA) is 261 Å². The summed E-state index contributed by atoms with van der Waals surface area (Å²) in [6, 6.07) is 19.0. The number of fused-ring (bicyclic) bond motifs is 1. The van der Waals surface area contributed by atoms with E-state index in [9.17, 15) is 18.1 Å². The van der Waals surface area contributed by atoms with Gasteiger partial charge in [0.05, 0.1) is 64.5 Å². The van der Waals surface area contributed by atoms with E-state index in [4.69, 9.17) is 21.0 Å². The van der Waals surface area contributed by atoms with Crippen molar-refractivity contribution in [3.8, 4) is 11.5 Å². The van der Waals surface area contributed by atoms with Crippen molar-refractivity contribution in [2.75, 3.05) is 12.8 Å². The van der Waals surface area contributed by atoms with Crippen LogP contribution >= 0.6 is 24.1 Å². The molecule has 5 aromatic rings. The number of nitrogens with zero attached hydrogens (tertiary/aromatic N) is 6. The third-order valence-corrected chi connectivity index (χ3v) is 9.18. The summed E-state index contributed by atoms with van der Waals surface area (Å²) in [5, 5.41) is 61.4. The van der Waals surface area contributed by atoms with Gasteiger partial charge >= 0.3 is 0 Å². The van der Waals surface area contributed by atoms with Crippen LogP contribution in [0.25, 0.3) is 10.8 Å². The van der Waals surface area contributed by atoms with E-state index in [-0.39, 0.29) is 27.0 Å². The smallest absolute Gasteiger partial charge is 0.296 e. The second-order valence-electron chi connectivity index (χ2n) is 10.5. The van der Waals surface area contributed by atoms with Crippen molar-refractivity contribution in [2.45, 2.75) is 28.5 Å². The van der Waals surface area contributed by atoms with Crippen LogP contribution in [0.4, 0.5) is 39.8 Å². The molecule has 0 atom stereocenters. The van der Waals surface area contributed by atoms with Gasteiger partial charge in [-0.25, -0.2) is 10.5 Å². The Morgan fingerprint density at radius 2 is 1.37 bits per heavy atom. The number of ether oxygens (including phenoxy) is 1. The van der Waals surface area contributed by atoms with E-state index in [0.717, 1.165) is 18.1 Å². The Morgan fingerprint density at radius 1 is 0.731 bits per heavy atom. The highest BCUT2D eigenvalue weighted by Crippen LogP contribution is 2.46. The molecule has 0 bridgehead atoms. The zero-order valence-electron chi connectivity index (χ0n) is 27.1. The molecule has 0 amide bonds. The largest absolute Gasteiger partial charge is 0.505 e. The van der Waals surface area contributed by atoms with E-state index >= 15 is 0 Å². The van der Waals surface area contributed by atoms with Crippen LogP contribution in [0.2, 0.25) is 0 Å². The highest BCUT2D eigenvalue weighted by Gasteiger charge is 2.21. The quantitative estimate of drug-likeness (QED) is 0.0176. The van der Waals surface area contributed by atoms with Crippen LogP contribution in [-0.4, -0.2) is 35.7 Å². The summed E-state index contributed by atoms with van der Waals surface area (Å²) < 4.78 is 47.5. The van der Waals surface area contributed by atoms with Crippen molar-refractivity contribution in [1.29, 1.82) is 0 Å². The van der Waals surface area contributed by atoms with E-state index < -0.39 is 20.8 Å². The minimum absolute atomic E-state index is 0.0725. The maximum absolute atomic E-state index is 11.8. The molecule has 21 heteroatoms. The lowest BCUT2D eigenvalue weighted by molar-refractivity contribution is -0.432. The number of anilines is 1. The van der Waals surface area contributed by atoms with Crippen molar-refractivity contribution in [3.63, 3.8) is 0 Å². The second kappa shape index (κ2) is 17.0. The molecule has 0 unspecified atom stereocenters. The van der Waals surface area contributed by atoms with Gasteiger partial charge in [-0.2, -0.15) is 28.9 Å². The highest BCUT2D eigenvalue weighted by molar-refractivity contribution is 7.95. The van der Waals surface area contributed by atoms with Crippen molar-refractivity contribution >= 4 is 84.8 Å². The fraction of sp³-hybridized carbons (Fsp3) is 0.0968. The number of phenolic OH excluding ortho intramolecular Hbond substituents is 1. The van der Waals surface area contributed by atoms with Crippen LogP contribution in [0.5, 0.6) is 11.5 Å². The van der Waals surface area contributed by atoms with Crippen LogP contribution in [0.15, 0.2) is 118 Å². The van der Waals surface area contributed by atoms with Gasteiger partial charge in [-0.3, -0.25) is 4.55 Å². The first-order chi connectivity index (χ1) is 24.9. The lowest BCUT2D eigenvalue weighted by Gasteiger charge is -2.11. The number of azo groups is 3. The molecular formula is C31H27N7O11S3. The summed E-state index contributed by atoms with van der Waals surface area (Å²) in [6.45, 7) is 3.56. The summed E-state index contributed by atoms with van der Waals surface area (Å²) in [7, 11) is -3.18. The Kier molecular flexibility index (Phi) is 12.5. The molecular weight excluding hydrogens is 743 g/mol. The van der Waals surface area contributed by atoms with Crippen LogP contribution in [-0.2, 0) is 28.9 Å². The monoisotopic (exact) mass is 769 g/mol. The van der Waals surface area contributed by atoms with Gasteiger partial charge in [0, 0.05) is 16.3 Å². The first kappa shape index (κ1) is 38.2. The molecule has 5 aromatic carbocycles. The number of hydrogen-bond acceptors (Lipinski definition) is 19. The van der Waals surface area contributed by atoms with Gasteiger partial charge in [0.1, 0.15) is 22.0 Å². The molecule has 5 rings (SSSR count). The molecule has 0 heterocycles. The first-order valence-electron chi connectivity index (χ1n) is 14.4.